The van der Waals surface area contributed by atoms with Crippen molar-refractivity contribution in [3.8, 4) is 0 Å². The molecular formula is C15H12N3P. The number of nitrogens with zero attached hydrogens (tertiary/aromatic N) is 1. The van der Waals surface area contributed by atoms with Gasteiger partial charge < -0.3 is 9.97 Å². The number of fused-ring (bicyclic) bond motifs is 2. The molecule has 0 spiro atoms. The van der Waals surface area contributed by atoms with E-state index in [4.69, 9.17) is 0 Å². The molecule has 0 amide bonds. The van der Waals surface area contributed by atoms with Crippen LogP contribution >= 0.6 is 8.58 Å². The average molecular weight is 265 g/mol. The van der Waals surface area contributed by atoms with E-state index >= 15 is 0 Å². The molecule has 4 rings (SSSR count). The highest BCUT2D eigenvalue weighted by atomic mass is 31.1. The highest BCUT2D eigenvalue weighted by molar-refractivity contribution is 7.55. The lowest BCUT2D eigenvalue weighted by Crippen LogP contribution is -2.05. The van der Waals surface area contributed by atoms with Gasteiger partial charge in [0.1, 0.15) is 5.57 Å². The SMILES string of the molecule is c1ccc2[nH]c(Pc3c[nH]c4ccccc34)nc2c1. The first-order valence-electron chi connectivity index (χ1n) is 6.18. The summed E-state index contributed by atoms with van der Waals surface area (Å²) >= 11 is 0. The van der Waals surface area contributed by atoms with Gasteiger partial charge in [-0.15, -0.1) is 0 Å². The zero-order chi connectivity index (χ0) is 12.7. The zero-order valence-electron chi connectivity index (χ0n) is 10.1. The van der Waals surface area contributed by atoms with Gasteiger partial charge >= 0.3 is 0 Å². The van der Waals surface area contributed by atoms with Crippen LogP contribution in [0.1, 0.15) is 0 Å². The summed E-state index contributed by atoms with van der Waals surface area (Å²) in [7, 11) is 0.540. The molecule has 1 unspecified atom stereocenters. The van der Waals surface area contributed by atoms with E-state index in [1.807, 2.05) is 24.3 Å². The maximum absolute atomic E-state index is 4.64. The molecular weight excluding hydrogens is 253 g/mol. The van der Waals surface area contributed by atoms with Gasteiger partial charge in [0.05, 0.1) is 11.0 Å². The number of hydrogen-bond donors (Lipinski definition) is 2. The maximum atomic E-state index is 4.64. The van der Waals surface area contributed by atoms with Crippen molar-refractivity contribution >= 4 is 41.4 Å². The summed E-state index contributed by atoms with van der Waals surface area (Å²) in [6.45, 7) is 0. The summed E-state index contributed by atoms with van der Waals surface area (Å²) in [5.74, 6) is 0. The summed E-state index contributed by atoms with van der Waals surface area (Å²) in [5.41, 5.74) is 4.35. The first-order chi connectivity index (χ1) is 9.40. The minimum absolute atomic E-state index is 0.540. The largest absolute Gasteiger partial charge is 0.361 e. The molecule has 19 heavy (non-hydrogen) atoms. The van der Waals surface area contributed by atoms with E-state index in [0.717, 1.165) is 16.6 Å². The molecule has 4 heteroatoms. The molecule has 0 fully saturated rings. The van der Waals surface area contributed by atoms with Crippen LogP contribution in [0.4, 0.5) is 0 Å². The van der Waals surface area contributed by atoms with Crippen molar-refractivity contribution in [2.24, 2.45) is 0 Å². The van der Waals surface area contributed by atoms with Crippen LogP contribution in [0.25, 0.3) is 21.9 Å². The van der Waals surface area contributed by atoms with Gasteiger partial charge in [0.15, 0.2) is 0 Å². The smallest absolute Gasteiger partial charge is 0.131 e. The summed E-state index contributed by atoms with van der Waals surface area (Å²) in [6, 6.07) is 16.5. The van der Waals surface area contributed by atoms with Crippen molar-refractivity contribution in [3.05, 3.63) is 54.7 Å². The Morgan fingerprint density at radius 3 is 2.58 bits per heavy atom. The van der Waals surface area contributed by atoms with Crippen LogP contribution in [-0.2, 0) is 0 Å². The van der Waals surface area contributed by atoms with Crippen LogP contribution in [0.5, 0.6) is 0 Å². The van der Waals surface area contributed by atoms with E-state index in [0.29, 0.717) is 8.58 Å². The van der Waals surface area contributed by atoms with Gasteiger partial charge in [0.25, 0.3) is 0 Å². The second-order valence-electron chi connectivity index (χ2n) is 4.48. The Kier molecular flexibility index (Phi) is 2.39. The Hall–Kier alpha value is -2.12. The third-order valence-electron chi connectivity index (χ3n) is 3.23. The standard InChI is InChI=1S/C15H12N3P/c1-2-6-11-10(5-1)14(9-16-11)19-15-17-12-7-3-4-8-13(12)18-15/h1-9,16,19H,(H,17,18). The van der Waals surface area contributed by atoms with Crippen molar-refractivity contribution in [2.75, 3.05) is 0 Å². The lowest BCUT2D eigenvalue weighted by Gasteiger charge is -1.95. The van der Waals surface area contributed by atoms with Crippen molar-refractivity contribution in [3.63, 3.8) is 0 Å². The summed E-state index contributed by atoms with van der Waals surface area (Å²) in [6.07, 6.45) is 2.08. The van der Waals surface area contributed by atoms with Gasteiger partial charge in [-0.1, -0.05) is 30.3 Å². The monoisotopic (exact) mass is 265 g/mol. The predicted octanol–water partition coefficient (Wildman–Crippen LogP) is 2.67. The fourth-order valence-corrected chi connectivity index (χ4v) is 3.44. The molecule has 0 aliphatic rings. The second-order valence-corrected chi connectivity index (χ2v) is 5.74. The number of nitrogens with one attached hydrogen (secondary N) is 2. The van der Waals surface area contributed by atoms with Gasteiger partial charge in [-0.25, -0.2) is 4.98 Å². The molecule has 2 aromatic carbocycles. The molecule has 0 radical (unpaired) electrons. The molecule has 2 heterocycles. The van der Waals surface area contributed by atoms with Crippen molar-refractivity contribution in [1.29, 1.82) is 0 Å². The van der Waals surface area contributed by atoms with Crippen LogP contribution in [0.15, 0.2) is 54.7 Å². The van der Waals surface area contributed by atoms with E-state index in [1.165, 1.54) is 16.2 Å². The fraction of sp³-hybridized carbons (Fsp3) is 0. The topological polar surface area (TPSA) is 44.5 Å². The zero-order valence-corrected chi connectivity index (χ0v) is 11.1. The van der Waals surface area contributed by atoms with E-state index in [1.54, 1.807) is 0 Å². The maximum Gasteiger partial charge on any atom is 0.131 e. The van der Waals surface area contributed by atoms with E-state index < -0.39 is 0 Å². The number of H-pyrrole nitrogens is 2. The van der Waals surface area contributed by atoms with Gasteiger partial charge in [-0.05, 0) is 26.8 Å². The van der Waals surface area contributed by atoms with Gasteiger partial charge in [-0.3, -0.25) is 0 Å². The molecule has 3 nitrogen and oxygen atoms in total. The van der Waals surface area contributed by atoms with Crippen LogP contribution in [0.3, 0.4) is 0 Å². The molecule has 92 valence electrons. The van der Waals surface area contributed by atoms with Crippen LogP contribution in [0, 0.1) is 0 Å². The summed E-state index contributed by atoms with van der Waals surface area (Å²) in [4.78, 5) is 11.3. The van der Waals surface area contributed by atoms with E-state index in [2.05, 4.69) is 45.4 Å². The Morgan fingerprint density at radius 1 is 0.895 bits per heavy atom. The van der Waals surface area contributed by atoms with Gasteiger partial charge in [-0.2, -0.15) is 0 Å². The molecule has 1 atom stereocenters. The lowest BCUT2D eigenvalue weighted by atomic mass is 10.2. The molecule has 0 aliphatic heterocycles. The molecule has 2 N–H and O–H groups in total. The number of imidazole rings is 1. The molecule has 0 bridgehead atoms. The minimum Gasteiger partial charge on any atom is -0.361 e. The number of benzene rings is 2. The third-order valence-corrected chi connectivity index (χ3v) is 4.39. The van der Waals surface area contributed by atoms with E-state index in [-0.39, 0.29) is 0 Å². The molecule has 0 saturated heterocycles. The fourth-order valence-electron chi connectivity index (χ4n) is 2.31. The number of hydrogen-bond acceptors (Lipinski definition) is 1. The van der Waals surface area contributed by atoms with Crippen molar-refractivity contribution in [1.82, 2.24) is 15.0 Å². The van der Waals surface area contributed by atoms with Crippen LogP contribution < -0.4 is 10.9 Å². The van der Waals surface area contributed by atoms with Crippen molar-refractivity contribution in [2.45, 2.75) is 0 Å². The highest BCUT2D eigenvalue weighted by Gasteiger charge is 2.07. The van der Waals surface area contributed by atoms with Gasteiger partial charge in [0.2, 0.25) is 0 Å². The second kappa shape index (κ2) is 4.22. The Morgan fingerprint density at radius 2 is 1.68 bits per heavy atom. The third kappa shape index (κ3) is 1.83. The molecule has 2 aromatic heterocycles. The molecule has 0 saturated carbocycles. The van der Waals surface area contributed by atoms with Gasteiger partial charge in [0, 0.05) is 22.4 Å². The Balaban J connectivity index is 1.78. The average Bonchev–Trinajstić information content (AvgIpc) is 3.03. The summed E-state index contributed by atoms with van der Waals surface area (Å²) < 4.78 is 0. The molecule has 4 aromatic rings. The Labute approximate surface area is 111 Å². The first kappa shape index (κ1) is 10.8. The predicted molar refractivity (Wildman–Crippen MR) is 82.0 cm³/mol. The van der Waals surface area contributed by atoms with E-state index in [9.17, 15) is 0 Å². The summed E-state index contributed by atoms with van der Waals surface area (Å²) in [5, 5.41) is 2.58. The van der Waals surface area contributed by atoms with Crippen molar-refractivity contribution < 1.29 is 0 Å². The normalized spacial score (nSPS) is 12.0. The highest BCUT2D eigenvalue weighted by Crippen LogP contribution is 2.19. The number of aromatic nitrogens is 3. The van der Waals surface area contributed by atoms with Crippen LogP contribution in [0.2, 0.25) is 0 Å². The molecule has 0 aliphatic carbocycles. The number of aromatic amines is 2. The number of rotatable bonds is 2. The number of para-hydroxylation sites is 3. The minimum atomic E-state index is 0.540. The quantitative estimate of drug-likeness (QED) is 0.538. The van der Waals surface area contributed by atoms with Crippen LogP contribution in [-0.4, -0.2) is 15.0 Å². The Bertz CT molecular complexity index is 827. The first-order valence-corrected chi connectivity index (χ1v) is 7.18. The lowest BCUT2D eigenvalue weighted by molar-refractivity contribution is 1.44.